The fourth-order valence-electron chi connectivity index (χ4n) is 5.59. The molecular weight excluding hydrogens is 520 g/mol. The predicted octanol–water partition coefficient (Wildman–Crippen LogP) is 4.33. The number of anilines is 3. The van der Waals surface area contributed by atoms with Gasteiger partial charge in [-0.25, -0.2) is 15.0 Å². The first-order valence-corrected chi connectivity index (χ1v) is 14.5. The molecule has 2 aliphatic rings. The minimum Gasteiger partial charge on any atom is -0.486 e. The number of carbonyl (C=O) groups excluding carboxylic acids is 1. The van der Waals surface area contributed by atoms with E-state index in [0.717, 1.165) is 68.2 Å². The van der Waals surface area contributed by atoms with E-state index in [-0.39, 0.29) is 25.4 Å². The zero-order chi connectivity index (χ0) is 28.6. The number of hydrogen-bond acceptors (Lipinski definition) is 9. The number of nitrogens with one attached hydrogen (secondary N) is 2. The Balaban J connectivity index is 1.18. The van der Waals surface area contributed by atoms with Crippen LogP contribution in [0.2, 0.25) is 0 Å². The molecule has 0 unspecified atom stereocenters. The highest BCUT2D eigenvalue weighted by Gasteiger charge is 2.27. The molecule has 2 aromatic heterocycles. The number of aliphatic carboxylic acids is 1. The maximum atomic E-state index is 12.5. The van der Waals surface area contributed by atoms with Crippen molar-refractivity contribution in [1.29, 1.82) is 0 Å². The van der Waals surface area contributed by atoms with Crippen molar-refractivity contribution in [3.8, 4) is 5.75 Å². The van der Waals surface area contributed by atoms with Crippen LogP contribution in [-0.2, 0) is 22.4 Å². The number of carbonyl (C=O) groups is 2. The van der Waals surface area contributed by atoms with Gasteiger partial charge < -0.3 is 25.4 Å². The number of hydrogen-bond donors (Lipinski definition) is 3. The summed E-state index contributed by atoms with van der Waals surface area (Å²) in [6, 6.07) is 13.4. The number of carboxylic acid groups (broad SMARTS) is 1. The van der Waals surface area contributed by atoms with E-state index in [1.807, 2.05) is 25.1 Å². The Morgan fingerprint density at radius 1 is 1.15 bits per heavy atom. The Morgan fingerprint density at radius 2 is 1.95 bits per heavy atom. The van der Waals surface area contributed by atoms with Crippen LogP contribution in [0.15, 0.2) is 48.8 Å². The summed E-state index contributed by atoms with van der Waals surface area (Å²) in [4.78, 5) is 40.7. The summed E-state index contributed by atoms with van der Waals surface area (Å²) in [5, 5.41) is 16.4. The van der Waals surface area contributed by atoms with Crippen LogP contribution in [0.25, 0.3) is 0 Å². The number of carboxylic acids is 1. The number of ketones is 1. The number of benzene rings is 1. The third-order valence-electron chi connectivity index (χ3n) is 7.89. The number of pyridine rings is 1. The van der Waals surface area contributed by atoms with E-state index < -0.39 is 11.9 Å². The second kappa shape index (κ2) is 13.4. The summed E-state index contributed by atoms with van der Waals surface area (Å²) in [6.07, 6.45) is 6.29. The van der Waals surface area contributed by atoms with Crippen molar-refractivity contribution in [2.75, 3.05) is 48.3 Å². The van der Waals surface area contributed by atoms with E-state index in [2.05, 4.69) is 37.6 Å². The van der Waals surface area contributed by atoms with Crippen molar-refractivity contribution in [1.82, 2.24) is 15.0 Å². The SMILES string of the molecule is CCc1c(NC[C@H](CC(=O)COc2ccccc2)C(=O)O)ncnc1N1CCC(c2ccc3c(n2)NCCC3)CC1. The molecule has 4 heterocycles. The minimum absolute atomic E-state index is 0.0793. The van der Waals surface area contributed by atoms with E-state index in [0.29, 0.717) is 23.9 Å². The number of Topliss-reactive ketones (excluding diaryl/α,β-unsaturated/α-hetero) is 1. The van der Waals surface area contributed by atoms with Crippen LogP contribution in [0.4, 0.5) is 17.5 Å². The van der Waals surface area contributed by atoms with Gasteiger partial charge in [0.1, 0.15) is 36.1 Å². The van der Waals surface area contributed by atoms with Crippen molar-refractivity contribution in [3.63, 3.8) is 0 Å². The molecule has 0 bridgehead atoms. The highest BCUT2D eigenvalue weighted by Crippen LogP contribution is 2.33. The lowest BCUT2D eigenvalue weighted by Crippen LogP contribution is -2.35. The average Bonchev–Trinajstić information content (AvgIpc) is 3.02. The molecule has 3 N–H and O–H groups in total. The van der Waals surface area contributed by atoms with E-state index in [1.165, 1.54) is 11.9 Å². The molecule has 41 heavy (non-hydrogen) atoms. The summed E-state index contributed by atoms with van der Waals surface area (Å²) >= 11 is 0. The lowest BCUT2D eigenvalue weighted by Gasteiger charge is -2.34. The summed E-state index contributed by atoms with van der Waals surface area (Å²) in [6.45, 7) is 4.65. The molecule has 216 valence electrons. The van der Waals surface area contributed by atoms with Crippen LogP contribution in [0.5, 0.6) is 5.75 Å². The monoisotopic (exact) mass is 558 g/mol. The Labute approximate surface area is 240 Å². The second-order valence-electron chi connectivity index (χ2n) is 10.7. The van der Waals surface area contributed by atoms with Crippen molar-refractivity contribution >= 4 is 29.2 Å². The predicted molar refractivity (Wildman–Crippen MR) is 158 cm³/mol. The smallest absolute Gasteiger partial charge is 0.308 e. The zero-order valence-electron chi connectivity index (χ0n) is 23.5. The molecule has 0 saturated carbocycles. The fraction of sp³-hybridized carbons (Fsp3) is 0.452. The minimum atomic E-state index is -1.04. The first-order chi connectivity index (χ1) is 20.0. The maximum Gasteiger partial charge on any atom is 0.308 e. The number of fused-ring (bicyclic) bond motifs is 1. The molecule has 3 aromatic rings. The molecule has 0 amide bonds. The van der Waals surface area contributed by atoms with Crippen molar-refractivity contribution in [3.05, 3.63) is 65.6 Å². The molecule has 5 rings (SSSR count). The highest BCUT2D eigenvalue weighted by atomic mass is 16.5. The van der Waals surface area contributed by atoms with Crippen LogP contribution < -0.4 is 20.3 Å². The van der Waals surface area contributed by atoms with Crippen LogP contribution in [-0.4, -0.2) is 64.6 Å². The third kappa shape index (κ3) is 7.11. The van der Waals surface area contributed by atoms with Gasteiger partial charge in [-0.15, -0.1) is 0 Å². The molecule has 0 aliphatic carbocycles. The number of aryl methyl sites for hydroxylation is 1. The van der Waals surface area contributed by atoms with Crippen molar-refractivity contribution in [2.45, 2.75) is 51.4 Å². The van der Waals surface area contributed by atoms with Gasteiger partial charge in [0.2, 0.25) is 0 Å². The molecule has 10 heteroatoms. The van der Waals surface area contributed by atoms with Crippen LogP contribution in [0.1, 0.15) is 55.3 Å². The number of ether oxygens (including phenoxy) is 1. The molecule has 0 spiro atoms. The number of piperidine rings is 1. The quantitative estimate of drug-likeness (QED) is 0.295. The summed E-state index contributed by atoms with van der Waals surface area (Å²) in [5.74, 6) is 1.31. The first-order valence-electron chi connectivity index (χ1n) is 14.5. The molecule has 0 radical (unpaired) electrons. The molecule has 2 aliphatic heterocycles. The Bertz CT molecular complexity index is 1340. The largest absolute Gasteiger partial charge is 0.486 e. The highest BCUT2D eigenvalue weighted by molar-refractivity contribution is 5.85. The molecular formula is C31H38N6O4. The topological polar surface area (TPSA) is 130 Å². The van der Waals surface area contributed by atoms with E-state index >= 15 is 0 Å². The molecule has 1 aromatic carbocycles. The normalized spacial score (nSPS) is 15.9. The van der Waals surface area contributed by atoms with Gasteiger partial charge in [0.15, 0.2) is 5.78 Å². The summed E-state index contributed by atoms with van der Waals surface area (Å²) in [5.41, 5.74) is 3.41. The summed E-state index contributed by atoms with van der Waals surface area (Å²) in [7, 11) is 0. The van der Waals surface area contributed by atoms with E-state index in [4.69, 9.17) is 9.72 Å². The van der Waals surface area contributed by atoms with Gasteiger partial charge in [0, 0.05) is 49.8 Å². The average molecular weight is 559 g/mol. The molecule has 10 nitrogen and oxygen atoms in total. The molecule has 1 saturated heterocycles. The number of nitrogens with zero attached hydrogens (tertiary/aromatic N) is 4. The zero-order valence-corrected chi connectivity index (χ0v) is 23.5. The Hall–Kier alpha value is -4.21. The van der Waals surface area contributed by atoms with Gasteiger partial charge in [-0.3, -0.25) is 9.59 Å². The van der Waals surface area contributed by atoms with Gasteiger partial charge >= 0.3 is 5.97 Å². The maximum absolute atomic E-state index is 12.5. The summed E-state index contributed by atoms with van der Waals surface area (Å²) < 4.78 is 5.49. The second-order valence-corrected chi connectivity index (χ2v) is 10.7. The van der Waals surface area contributed by atoms with E-state index in [9.17, 15) is 14.7 Å². The van der Waals surface area contributed by atoms with Crippen LogP contribution in [0, 0.1) is 5.92 Å². The van der Waals surface area contributed by atoms with Gasteiger partial charge in [0.25, 0.3) is 0 Å². The Kier molecular flexibility index (Phi) is 9.28. The standard InChI is InChI=1S/C31H38N6O4/c1-2-26-29(33-18-23(31(39)40)17-24(38)19-41-25-8-4-3-5-9-25)34-20-35-30(26)37-15-12-21(13-16-37)27-11-10-22-7-6-14-32-28(22)36-27/h3-5,8-11,20-21,23H,2,6-7,12-19H2,1H3,(H,32,36)(H,39,40)(H,33,34,35)/t23-/m0/s1. The van der Waals surface area contributed by atoms with E-state index in [1.54, 1.807) is 12.1 Å². The van der Waals surface area contributed by atoms with Crippen molar-refractivity contribution in [2.24, 2.45) is 5.92 Å². The number of rotatable bonds is 12. The fourth-order valence-corrected chi connectivity index (χ4v) is 5.59. The van der Waals surface area contributed by atoms with Gasteiger partial charge in [-0.05, 0) is 55.9 Å². The van der Waals surface area contributed by atoms with Crippen LogP contribution >= 0.6 is 0 Å². The first kappa shape index (κ1) is 28.3. The lowest BCUT2D eigenvalue weighted by atomic mass is 9.92. The van der Waals surface area contributed by atoms with Crippen molar-refractivity contribution < 1.29 is 19.4 Å². The number of para-hydroxylation sites is 1. The third-order valence-corrected chi connectivity index (χ3v) is 7.89. The van der Waals surface area contributed by atoms with Gasteiger partial charge in [-0.1, -0.05) is 31.2 Å². The number of aromatic nitrogens is 3. The van der Waals surface area contributed by atoms with Gasteiger partial charge in [-0.2, -0.15) is 0 Å². The van der Waals surface area contributed by atoms with Gasteiger partial charge in [0.05, 0.1) is 5.92 Å². The molecule has 1 fully saturated rings. The molecule has 1 atom stereocenters. The Morgan fingerprint density at radius 3 is 2.71 bits per heavy atom. The lowest BCUT2D eigenvalue weighted by molar-refractivity contribution is -0.143. The van der Waals surface area contributed by atoms with Crippen LogP contribution in [0.3, 0.4) is 0 Å².